The van der Waals surface area contributed by atoms with Crippen molar-refractivity contribution < 1.29 is 4.79 Å². The monoisotopic (exact) mass is 363 g/mol. The summed E-state index contributed by atoms with van der Waals surface area (Å²) in [6.45, 7) is 6.35. The maximum absolute atomic E-state index is 13.0. The normalized spacial score (nSPS) is 15.3. The van der Waals surface area contributed by atoms with Crippen LogP contribution in [0.2, 0.25) is 0 Å². The van der Waals surface area contributed by atoms with Gasteiger partial charge in [0.25, 0.3) is 5.91 Å². The second-order valence-corrected chi connectivity index (χ2v) is 7.84. The lowest BCUT2D eigenvalue weighted by molar-refractivity contribution is 0.0928. The van der Waals surface area contributed by atoms with Crippen molar-refractivity contribution in [1.82, 2.24) is 24.9 Å². The summed E-state index contributed by atoms with van der Waals surface area (Å²) < 4.78 is 1.72. The van der Waals surface area contributed by atoms with Crippen LogP contribution in [0.4, 0.5) is 0 Å². The zero-order valence-electron chi connectivity index (χ0n) is 16.0. The number of fused-ring (bicyclic) bond motifs is 1. The molecule has 140 valence electrons. The Bertz CT molecular complexity index is 959. The Morgan fingerprint density at radius 2 is 2.11 bits per heavy atom. The van der Waals surface area contributed by atoms with Gasteiger partial charge in [-0.15, -0.1) is 0 Å². The molecule has 0 spiro atoms. The molecule has 1 saturated carbocycles. The topological polar surface area (TPSA) is 72.2 Å². The first-order valence-corrected chi connectivity index (χ1v) is 9.60. The van der Waals surface area contributed by atoms with Gasteiger partial charge in [0.1, 0.15) is 5.56 Å². The summed E-state index contributed by atoms with van der Waals surface area (Å²) in [4.78, 5) is 22.1. The van der Waals surface area contributed by atoms with Gasteiger partial charge in [-0.1, -0.05) is 19.9 Å². The molecule has 0 saturated heterocycles. The number of nitrogens with zero attached hydrogens (tertiary/aromatic N) is 4. The highest BCUT2D eigenvalue weighted by Gasteiger charge is 2.33. The van der Waals surface area contributed by atoms with Crippen molar-refractivity contribution in [2.24, 2.45) is 11.8 Å². The molecule has 3 aromatic heterocycles. The molecule has 6 nitrogen and oxygen atoms in total. The van der Waals surface area contributed by atoms with E-state index in [2.05, 4.69) is 29.2 Å². The highest BCUT2D eigenvalue weighted by atomic mass is 16.1. The lowest BCUT2D eigenvalue weighted by atomic mass is 9.99. The zero-order chi connectivity index (χ0) is 19.0. The number of rotatable bonds is 6. The largest absolute Gasteiger partial charge is 0.349 e. The van der Waals surface area contributed by atoms with Crippen LogP contribution < -0.4 is 5.32 Å². The minimum Gasteiger partial charge on any atom is -0.349 e. The fourth-order valence-electron chi connectivity index (χ4n) is 3.54. The van der Waals surface area contributed by atoms with Crippen LogP contribution in [0.25, 0.3) is 17.0 Å². The fourth-order valence-corrected chi connectivity index (χ4v) is 3.54. The van der Waals surface area contributed by atoms with E-state index in [1.807, 2.05) is 31.2 Å². The van der Waals surface area contributed by atoms with Crippen LogP contribution in [0.3, 0.4) is 0 Å². The SMILES string of the molecule is Cc1cc(-c2ccccn2)nc2c(C(=O)NC(CC(C)C)C3CC3)cnn12. The molecule has 3 heterocycles. The molecular weight excluding hydrogens is 338 g/mol. The third-order valence-electron chi connectivity index (χ3n) is 5.05. The molecule has 0 aliphatic heterocycles. The Kier molecular flexibility index (Phi) is 4.64. The Balaban J connectivity index is 1.67. The van der Waals surface area contributed by atoms with Crippen molar-refractivity contribution in [1.29, 1.82) is 0 Å². The minimum atomic E-state index is -0.0902. The van der Waals surface area contributed by atoms with Crippen LogP contribution in [-0.4, -0.2) is 31.5 Å². The van der Waals surface area contributed by atoms with Crippen LogP contribution in [0.5, 0.6) is 0 Å². The first-order valence-electron chi connectivity index (χ1n) is 9.60. The van der Waals surface area contributed by atoms with E-state index >= 15 is 0 Å². The van der Waals surface area contributed by atoms with Gasteiger partial charge in [-0.25, -0.2) is 9.50 Å². The Hall–Kier alpha value is -2.76. The second kappa shape index (κ2) is 7.10. The van der Waals surface area contributed by atoms with Gasteiger partial charge >= 0.3 is 0 Å². The summed E-state index contributed by atoms with van der Waals surface area (Å²) in [7, 11) is 0. The third kappa shape index (κ3) is 3.70. The van der Waals surface area contributed by atoms with Crippen molar-refractivity contribution in [3.8, 4) is 11.4 Å². The maximum atomic E-state index is 13.0. The molecule has 0 aromatic carbocycles. The van der Waals surface area contributed by atoms with E-state index in [-0.39, 0.29) is 11.9 Å². The molecule has 1 amide bonds. The van der Waals surface area contributed by atoms with E-state index < -0.39 is 0 Å². The van der Waals surface area contributed by atoms with Gasteiger partial charge in [0, 0.05) is 17.9 Å². The van der Waals surface area contributed by atoms with Crippen molar-refractivity contribution >= 4 is 11.6 Å². The van der Waals surface area contributed by atoms with Gasteiger partial charge in [0.2, 0.25) is 0 Å². The van der Waals surface area contributed by atoms with Gasteiger partial charge in [0.15, 0.2) is 5.65 Å². The number of aromatic nitrogens is 4. The van der Waals surface area contributed by atoms with Crippen LogP contribution in [0.15, 0.2) is 36.7 Å². The van der Waals surface area contributed by atoms with E-state index in [9.17, 15) is 4.79 Å². The van der Waals surface area contributed by atoms with Gasteiger partial charge in [-0.2, -0.15) is 5.10 Å². The molecule has 1 aliphatic rings. The third-order valence-corrected chi connectivity index (χ3v) is 5.05. The zero-order valence-corrected chi connectivity index (χ0v) is 16.0. The molecule has 3 aromatic rings. The molecule has 0 radical (unpaired) electrons. The molecule has 1 atom stereocenters. The quantitative estimate of drug-likeness (QED) is 0.725. The summed E-state index contributed by atoms with van der Waals surface area (Å²) in [5.74, 6) is 1.07. The van der Waals surface area contributed by atoms with Crippen LogP contribution in [0.1, 0.15) is 49.2 Å². The van der Waals surface area contributed by atoms with Crippen LogP contribution in [0, 0.1) is 18.8 Å². The first kappa shape index (κ1) is 17.6. The second-order valence-electron chi connectivity index (χ2n) is 7.84. The predicted octanol–water partition coefficient (Wildman–Crippen LogP) is 3.65. The Labute approximate surface area is 159 Å². The van der Waals surface area contributed by atoms with Crippen LogP contribution in [-0.2, 0) is 0 Å². The fraction of sp³-hybridized carbons (Fsp3) is 0.429. The number of carbonyl (C=O) groups excluding carboxylic acids is 1. The maximum Gasteiger partial charge on any atom is 0.256 e. The molecule has 1 aliphatic carbocycles. The van der Waals surface area contributed by atoms with Crippen molar-refractivity contribution in [2.75, 3.05) is 0 Å². The van der Waals surface area contributed by atoms with E-state index in [1.165, 1.54) is 12.8 Å². The summed E-state index contributed by atoms with van der Waals surface area (Å²) in [5, 5.41) is 7.61. The minimum absolute atomic E-state index is 0.0902. The summed E-state index contributed by atoms with van der Waals surface area (Å²) in [6, 6.07) is 7.89. The van der Waals surface area contributed by atoms with Crippen molar-refractivity contribution in [3.63, 3.8) is 0 Å². The van der Waals surface area contributed by atoms with Gasteiger partial charge in [0.05, 0.1) is 17.6 Å². The molecule has 6 heteroatoms. The lowest BCUT2D eigenvalue weighted by Gasteiger charge is -2.20. The summed E-state index contributed by atoms with van der Waals surface area (Å²) in [6.07, 6.45) is 6.77. The van der Waals surface area contributed by atoms with Crippen molar-refractivity contribution in [3.05, 3.63) is 47.9 Å². The van der Waals surface area contributed by atoms with Gasteiger partial charge < -0.3 is 5.32 Å². The molecule has 1 N–H and O–H groups in total. The molecule has 1 unspecified atom stereocenters. The van der Waals surface area contributed by atoms with Crippen molar-refractivity contribution in [2.45, 2.75) is 46.1 Å². The number of amides is 1. The molecule has 0 bridgehead atoms. The van der Waals surface area contributed by atoms with Crippen LogP contribution >= 0.6 is 0 Å². The van der Waals surface area contributed by atoms with Gasteiger partial charge in [-0.05, 0) is 56.2 Å². The standard InChI is InChI=1S/C21H25N5O/c1-13(2)10-18(15-7-8-15)25-21(27)16-12-23-26-14(3)11-19(24-20(16)26)17-6-4-5-9-22-17/h4-6,9,11-13,15,18H,7-8,10H2,1-3H3,(H,25,27). The number of nitrogens with one attached hydrogen (secondary N) is 1. The first-order chi connectivity index (χ1) is 13.0. The number of carbonyl (C=O) groups is 1. The van der Waals surface area contributed by atoms with Gasteiger partial charge in [-0.3, -0.25) is 9.78 Å². The number of hydrogen-bond acceptors (Lipinski definition) is 4. The summed E-state index contributed by atoms with van der Waals surface area (Å²) in [5.41, 5.74) is 3.54. The Morgan fingerprint density at radius 1 is 1.30 bits per heavy atom. The smallest absolute Gasteiger partial charge is 0.256 e. The summed E-state index contributed by atoms with van der Waals surface area (Å²) >= 11 is 0. The van der Waals surface area contributed by atoms with E-state index in [1.54, 1.807) is 16.9 Å². The highest BCUT2D eigenvalue weighted by Crippen LogP contribution is 2.35. The number of pyridine rings is 1. The van der Waals surface area contributed by atoms with E-state index in [0.717, 1.165) is 23.5 Å². The lowest BCUT2D eigenvalue weighted by Crippen LogP contribution is -2.37. The highest BCUT2D eigenvalue weighted by molar-refractivity contribution is 6.00. The number of aryl methyl sites for hydroxylation is 1. The molecular formula is C21H25N5O. The number of hydrogen-bond donors (Lipinski definition) is 1. The molecule has 1 fully saturated rings. The predicted molar refractivity (Wildman–Crippen MR) is 104 cm³/mol. The van der Waals surface area contributed by atoms with E-state index in [4.69, 9.17) is 4.98 Å². The molecule has 4 rings (SSSR count). The average Bonchev–Trinajstić information content (AvgIpc) is 3.40. The Morgan fingerprint density at radius 3 is 2.78 bits per heavy atom. The van der Waals surface area contributed by atoms with E-state index in [0.29, 0.717) is 23.0 Å². The molecule has 27 heavy (non-hydrogen) atoms. The average molecular weight is 363 g/mol.